The monoisotopic (exact) mass is 493 g/mol. The molecule has 3 unspecified atom stereocenters. The van der Waals surface area contributed by atoms with Gasteiger partial charge in [0.15, 0.2) is 17.4 Å². The van der Waals surface area contributed by atoms with E-state index >= 15 is 0 Å². The summed E-state index contributed by atoms with van der Waals surface area (Å²) in [7, 11) is 1.26. The van der Waals surface area contributed by atoms with E-state index in [0.717, 1.165) is 35.2 Å². The van der Waals surface area contributed by atoms with Gasteiger partial charge in [0.05, 0.1) is 24.9 Å². The summed E-state index contributed by atoms with van der Waals surface area (Å²) >= 11 is 0. The number of tetrazole rings is 1. The quantitative estimate of drug-likeness (QED) is 0.435. The highest BCUT2D eigenvalue weighted by Gasteiger charge is 2.31. The Kier molecular flexibility index (Phi) is 5.59. The van der Waals surface area contributed by atoms with Gasteiger partial charge in [-0.25, -0.2) is 9.37 Å². The minimum absolute atomic E-state index is 0.129. The maximum Gasteiger partial charge on any atom is 0.202 e. The molecule has 3 aliphatic rings. The predicted octanol–water partition coefficient (Wildman–Crippen LogP) is 3.16. The summed E-state index contributed by atoms with van der Waals surface area (Å²) in [5.41, 5.74) is 8.00. The first-order valence-corrected chi connectivity index (χ1v) is 11.9. The number of nitrogen functional groups attached to an aromatic ring is 1. The number of hydrogen-bond acceptors (Lipinski definition) is 8. The maximum atomic E-state index is 14.8. The molecule has 5 heterocycles. The number of hydrogen-bond donors (Lipinski definition) is 2. The second-order valence-electron chi connectivity index (χ2n) is 9.37. The summed E-state index contributed by atoms with van der Waals surface area (Å²) in [6, 6.07) is 5.30. The Morgan fingerprint density at radius 1 is 1.11 bits per heavy atom. The molecule has 1 aliphatic carbocycles. The third kappa shape index (κ3) is 3.87. The minimum atomic E-state index is -1.14. The van der Waals surface area contributed by atoms with Crippen LogP contribution in [0.4, 0.5) is 14.6 Å². The van der Waals surface area contributed by atoms with Crippen LogP contribution in [-0.4, -0.2) is 54.7 Å². The van der Waals surface area contributed by atoms with Crippen molar-refractivity contribution in [1.82, 2.24) is 40.3 Å². The number of nitrogens with one attached hydrogen (secondary N) is 1. The highest BCUT2D eigenvalue weighted by Crippen LogP contribution is 2.36. The van der Waals surface area contributed by atoms with Crippen LogP contribution in [0.1, 0.15) is 31.7 Å². The van der Waals surface area contributed by atoms with Gasteiger partial charge in [0.1, 0.15) is 11.5 Å². The molecule has 12 heteroatoms. The number of ether oxygens (including phenoxy) is 1. The van der Waals surface area contributed by atoms with Crippen LogP contribution in [0.3, 0.4) is 0 Å². The number of benzene rings is 1. The molecule has 1 saturated carbocycles. The van der Waals surface area contributed by atoms with Crippen LogP contribution in [0.25, 0.3) is 28.2 Å². The molecular weight excluding hydrogens is 468 g/mol. The van der Waals surface area contributed by atoms with Crippen molar-refractivity contribution in [2.24, 2.45) is 5.92 Å². The Hall–Kier alpha value is -3.93. The fourth-order valence-electron chi connectivity index (χ4n) is 5.26. The molecule has 0 radical (unpaired) electrons. The van der Waals surface area contributed by atoms with Crippen LogP contribution in [0.2, 0.25) is 0 Å². The van der Waals surface area contributed by atoms with E-state index in [1.807, 2.05) is 10.9 Å². The molecule has 3 atom stereocenters. The zero-order valence-corrected chi connectivity index (χ0v) is 19.6. The van der Waals surface area contributed by atoms with Crippen molar-refractivity contribution in [3.8, 4) is 34.0 Å². The van der Waals surface area contributed by atoms with Crippen LogP contribution in [0.5, 0.6) is 5.75 Å². The lowest BCUT2D eigenvalue weighted by atomic mass is 9.96. The summed E-state index contributed by atoms with van der Waals surface area (Å²) in [6.45, 7) is 1.08. The van der Waals surface area contributed by atoms with Crippen LogP contribution in [0, 0.1) is 17.6 Å². The second kappa shape index (κ2) is 8.94. The molecule has 186 valence electrons. The fraction of sp³-hybridized carbons (Fsp3) is 0.375. The van der Waals surface area contributed by atoms with Gasteiger partial charge in [-0.1, -0.05) is 0 Å². The van der Waals surface area contributed by atoms with Gasteiger partial charge < -0.3 is 15.8 Å². The van der Waals surface area contributed by atoms with Gasteiger partial charge in [0, 0.05) is 29.6 Å². The molecule has 10 nitrogen and oxygen atoms in total. The molecule has 2 aliphatic heterocycles. The average Bonchev–Trinajstić information content (AvgIpc) is 3.48. The Morgan fingerprint density at radius 3 is 2.81 bits per heavy atom. The normalized spacial score (nSPS) is 21.5. The molecule has 4 aromatic rings. The molecule has 2 bridgehead atoms. The van der Waals surface area contributed by atoms with Crippen LogP contribution in [0.15, 0.2) is 36.8 Å². The number of aromatic nitrogens is 7. The molecule has 7 rings (SSSR count). The van der Waals surface area contributed by atoms with Crippen molar-refractivity contribution in [3.63, 3.8) is 0 Å². The van der Waals surface area contributed by atoms with Crippen molar-refractivity contribution in [3.05, 3.63) is 48.4 Å². The SMILES string of the molecule is COc1ccc(-n2nnnc2-c2cc(-c3cnn(C4CC5CCC(C4)NC5)c3)cnc2N)c(F)c1F. The fourth-order valence-corrected chi connectivity index (χ4v) is 5.26. The summed E-state index contributed by atoms with van der Waals surface area (Å²) in [4.78, 5) is 4.32. The molecule has 36 heavy (non-hydrogen) atoms. The topological polar surface area (TPSA) is 122 Å². The molecule has 3 N–H and O–H groups in total. The predicted molar refractivity (Wildman–Crippen MR) is 127 cm³/mol. The zero-order chi connectivity index (χ0) is 24.8. The van der Waals surface area contributed by atoms with Crippen LogP contribution in [-0.2, 0) is 0 Å². The maximum absolute atomic E-state index is 14.8. The van der Waals surface area contributed by atoms with E-state index in [2.05, 4.69) is 30.9 Å². The standard InChI is InChI=1S/C24H25F2N9O/c1-36-20-5-4-19(21(25)22(20)26)35-24(31-32-33-35)18-7-14(10-29-23(18)27)15-11-30-34(12-15)17-6-13-2-3-16(8-17)28-9-13/h4-5,7,10-13,16-17,28H,2-3,6,8-9H2,1H3,(H2,27,29). The molecule has 0 amide bonds. The van der Waals surface area contributed by atoms with E-state index in [0.29, 0.717) is 23.6 Å². The summed E-state index contributed by atoms with van der Waals surface area (Å²) < 4.78 is 37.1. The highest BCUT2D eigenvalue weighted by molar-refractivity contribution is 5.76. The number of piperidine rings is 1. The second-order valence-corrected chi connectivity index (χ2v) is 9.37. The Labute approximate surface area is 205 Å². The van der Waals surface area contributed by atoms with Crippen molar-refractivity contribution in [2.45, 2.75) is 37.8 Å². The van der Waals surface area contributed by atoms with E-state index in [9.17, 15) is 8.78 Å². The summed E-state index contributed by atoms with van der Waals surface area (Å²) in [5.74, 6) is -1.53. The average molecular weight is 494 g/mol. The minimum Gasteiger partial charge on any atom is -0.494 e. The number of pyridine rings is 1. The first-order chi connectivity index (χ1) is 17.5. The third-order valence-corrected chi connectivity index (χ3v) is 7.19. The Balaban J connectivity index is 1.34. The number of halogens is 2. The smallest absolute Gasteiger partial charge is 0.202 e. The van der Waals surface area contributed by atoms with Crippen LogP contribution < -0.4 is 15.8 Å². The molecule has 0 spiro atoms. The molecule has 1 aromatic carbocycles. The number of rotatable bonds is 5. The lowest BCUT2D eigenvalue weighted by Gasteiger charge is -2.23. The molecular formula is C24H25F2N9O. The van der Waals surface area contributed by atoms with Crippen molar-refractivity contribution >= 4 is 5.82 Å². The molecule has 3 aromatic heterocycles. The summed E-state index contributed by atoms with van der Waals surface area (Å²) in [5, 5.41) is 19.8. The van der Waals surface area contributed by atoms with Crippen molar-refractivity contribution < 1.29 is 13.5 Å². The lowest BCUT2D eigenvalue weighted by molar-refractivity contribution is 0.339. The van der Waals surface area contributed by atoms with Crippen molar-refractivity contribution in [1.29, 1.82) is 0 Å². The number of anilines is 1. The van der Waals surface area contributed by atoms with Gasteiger partial charge in [-0.05, 0) is 66.8 Å². The van der Waals surface area contributed by atoms with Gasteiger partial charge in [-0.3, -0.25) is 4.68 Å². The van der Waals surface area contributed by atoms with E-state index in [1.54, 1.807) is 18.5 Å². The van der Waals surface area contributed by atoms with E-state index in [1.165, 1.54) is 32.1 Å². The molecule has 3 fully saturated rings. The number of nitrogens with zero attached hydrogens (tertiary/aromatic N) is 7. The first-order valence-electron chi connectivity index (χ1n) is 11.9. The largest absolute Gasteiger partial charge is 0.494 e. The highest BCUT2D eigenvalue weighted by atomic mass is 19.2. The van der Waals surface area contributed by atoms with E-state index in [4.69, 9.17) is 10.5 Å². The molecule has 2 saturated heterocycles. The van der Waals surface area contributed by atoms with Gasteiger partial charge in [-0.2, -0.15) is 14.2 Å². The third-order valence-electron chi connectivity index (χ3n) is 7.19. The first kappa shape index (κ1) is 22.5. The van der Waals surface area contributed by atoms with Gasteiger partial charge in [-0.15, -0.1) is 5.10 Å². The Morgan fingerprint density at radius 2 is 2.00 bits per heavy atom. The van der Waals surface area contributed by atoms with Crippen LogP contribution >= 0.6 is 0 Å². The lowest BCUT2D eigenvalue weighted by Crippen LogP contribution is -2.35. The van der Waals surface area contributed by atoms with Gasteiger partial charge in [0.2, 0.25) is 5.82 Å². The number of fused-ring (bicyclic) bond motifs is 4. The van der Waals surface area contributed by atoms with E-state index < -0.39 is 11.6 Å². The summed E-state index contributed by atoms with van der Waals surface area (Å²) in [6.07, 6.45) is 10.1. The zero-order valence-electron chi connectivity index (χ0n) is 19.6. The number of nitrogens with two attached hydrogens (primary N) is 1. The van der Waals surface area contributed by atoms with E-state index in [-0.39, 0.29) is 23.1 Å². The van der Waals surface area contributed by atoms with Crippen molar-refractivity contribution in [2.75, 3.05) is 19.4 Å². The number of methoxy groups -OCH3 is 1. The van der Waals surface area contributed by atoms with Gasteiger partial charge >= 0.3 is 0 Å². The Bertz CT molecular complexity index is 1400. The van der Waals surface area contributed by atoms with Gasteiger partial charge in [0.25, 0.3) is 0 Å².